The fourth-order valence-electron chi connectivity index (χ4n) is 0.592. The second-order valence-electron chi connectivity index (χ2n) is 2.78. The third-order valence-corrected chi connectivity index (χ3v) is 3.18. The Morgan fingerprint density at radius 2 is 1.50 bits per heavy atom. The average Bonchev–Trinajstić information content (AvgIpc) is 2.11. The topological polar surface area (TPSA) is 0 Å². The highest BCUT2D eigenvalue weighted by molar-refractivity contribution is 8.23. The fourth-order valence-corrected chi connectivity index (χ4v) is 1.67. The van der Waals surface area contributed by atoms with E-state index in [1.54, 1.807) is 6.92 Å². The zero-order valence-electron chi connectivity index (χ0n) is 7.88. The molecule has 0 radical (unpaired) electrons. The third-order valence-electron chi connectivity index (χ3n) is 1.44. The van der Waals surface area contributed by atoms with Crippen LogP contribution in [0.4, 0.5) is 30.7 Å². The van der Waals surface area contributed by atoms with E-state index in [0.717, 1.165) is 0 Å². The van der Waals surface area contributed by atoms with E-state index in [9.17, 15) is 30.7 Å². The van der Waals surface area contributed by atoms with Crippen LogP contribution >= 0.6 is 24.0 Å². The fraction of sp³-hybridized carbons (Fsp3) is 0.857. The lowest BCUT2D eigenvalue weighted by Gasteiger charge is -2.28. The van der Waals surface area contributed by atoms with Crippen LogP contribution in [0.3, 0.4) is 0 Å². The predicted octanol–water partition coefficient (Wildman–Crippen LogP) is 4.29. The van der Waals surface area contributed by atoms with Crippen molar-refractivity contribution in [2.24, 2.45) is 0 Å². The Kier molecular flexibility index (Phi) is 5.06. The van der Waals surface area contributed by atoms with Gasteiger partial charge in [-0.3, -0.25) is 0 Å². The molecule has 0 bridgehead atoms. The minimum absolute atomic E-state index is 0.0393. The molecule has 0 rings (SSSR count). The van der Waals surface area contributed by atoms with Gasteiger partial charge in [0.25, 0.3) is 0 Å². The first-order valence-corrected chi connectivity index (χ1v) is 5.37. The Morgan fingerprint density at radius 3 is 1.81 bits per heavy atom. The van der Waals surface area contributed by atoms with Crippen LogP contribution in [0.2, 0.25) is 0 Å². The summed E-state index contributed by atoms with van der Waals surface area (Å²) in [6.45, 7) is 1.55. The molecule has 0 saturated carbocycles. The Labute approximate surface area is 96.6 Å². The number of thioether (sulfide) groups is 1. The summed E-state index contributed by atoms with van der Waals surface area (Å²) in [6.07, 6.45) is -5.99. The summed E-state index contributed by atoms with van der Waals surface area (Å²) in [7, 11) is 0. The van der Waals surface area contributed by atoms with E-state index < -0.39 is 22.2 Å². The summed E-state index contributed by atoms with van der Waals surface area (Å²) in [5.74, 6) is -11.6. The molecule has 0 aliphatic rings. The van der Waals surface area contributed by atoms with Crippen LogP contribution in [-0.2, 0) is 0 Å². The summed E-state index contributed by atoms with van der Waals surface area (Å²) < 4.78 is 83.9. The summed E-state index contributed by atoms with van der Waals surface area (Å²) in [5.41, 5.74) is 0. The van der Waals surface area contributed by atoms with Gasteiger partial charge in [0.1, 0.15) is 4.20 Å². The molecule has 0 aromatic heterocycles. The Hall–Kier alpha value is -0.0500. The van der Waals surface area contributed by atoms with E-state index in [4.69, 9.17) is 0 Å². The summed E-state index contributed by atoms with van der Waals surface area (Å²) >= 11 is 4.03. The van der Waals surface area contributed by atoms with Crippen LogP contribution in [0.5, 0.6) is 0 Å². The van der Waals surface area contributed by atoms with E-state index >= 15 is 0 Å². The van der Waals surface area contributed by atoms with Crippen molar-refractivity contribution in [2.45, 2.75) is 31.4 Å². The first-order valence-electron chi connectivity index (χ1n) is 3.98. The zero-order chi connectivity index (χ0) is 13.2. The van der Waals surface area contributed by atoms with Gasteiger partial charge in [-0.25, -0.2) is 0 Å². The quantitative estimate of drug-likeness (QED) is 0.559. The van der Waals surface area contributed by atoms with Crippen molar-refractivity contribution < 1.29 is 30.7 Å². The molecule has 0 atom stereocenters. The van der Waals surface area contributed by atoms with Crippen molar-refractivity contribution in [1.82, 2.24) is 0 Å². The molecule has 0 aromatic carbocycles. The SMILES string of the molecule is CCCSC(=S)C(F)(F)C(F)(F)C(F)(F)F. The molecule has 0 saturated heterocycles. The number of thiocarbonyl (C=S) groups is 1. The highest BCUT2D eigenvalue weighted by atomic mass is 32.2. The molecule has 0 fully saturated rings. The van der Waals surface area contributed by atoms with Crippen molar-refractivity contribution in [3.05, 3.63) is 0 Å². The molecule has 0 unspecified atom stereocenters. The second-order valence-corrected chi connectivity index (χ2v) is 4.55. The van der Waals surface area contributed by atoms with Crippen molar-refractivity contribution >= 4 is 28.2 Å². The van der Waals surface area contributed by atoms with E-state index in [0.29, 0.717) is 6.42 Å². The summed E-state index contributed by atoms with van der Waals surface area (Å²) in [6, 6.07) is 0. The molecule has 0 aliphatic heterocycles. The first-order chi connectivity index (χ1) is 6.98. The largest absolute Gasteiger partial charge is 0.460 e. The highest BCUT2D eigenvalue weighted by Gasteiger charge is 2.74. The molecule has 0 nitrogen and oxygen atoms in total. The number of hydrogen-bond acceptors (Lipinski definition) is 2. The second kappa shape index (κ2) is 5.07. The van der Waals surface area contributed by atoms with Crippen LogP contribution in [0, 0.1) is 0 Å². The Bertz CT molecular complexity index is 258. The van der Waals surface area contributed by atoms with Crippen LogP contribution in [-0.4, -0.2) is 28.0 Å². The molecule has 0 amide bonds. The molecule has 0 spiro atoms. The van der Waals surface area contributed by atoms with Gasteiger partial charge in [0.15, 0.2) is 0 Å². The third kappa shape index (κ3) is 2.99. The highest BCUT2D eigenvalue weighted by Crippen LogP contribution is 2.48. The number of rotatable bonds is 4. The minimum atomic E-state index is -6.33. The molecule has 9 heteroatoms. The van der Waals surface area contributed by atoms with Crippen LogP contribution in [0.25, 0.3) is 0 Å². The van der Waals surface area contributed by atoms with Gasteiger partial charge in [0.2, 0.25) is 0 Å². The lowest BCUT2D eigenvalue weighted by atomic mass is 10.2. The molecule has 16 heavy (non-hydrogen) atoms. The first kappa shape index (κ1) is 16.0. The number of alkyl halides is 7. The molecular formula is C7H7F7S2. The molecule has 96 valence electrons. The predicted molar refractivity (Wildman–Crippen MR) is 51.3 cm³/mol. The lowest BCUT2D eigenvalue weighted by molar-refractivity contribution is -0.335. The van der Waals surface area contributed by atoms with E-state index in [2.05, 4.69) is 12.2 Å². The van der Waals surface area contributed by atoms with Gasteiger partial charge in [-0.1, -0.05) is 19.1 Å². The van der Waals surface area contributed by atoms with Crippen molar-refractivity contribution in [3.63, 3.8) is 0 Å². The zero-order valence-corrected chi connectivity index (χ0v) is 9.51. The van der Waals surface area contributed by atoms with E-state index in [1.165, 1.54) is 0 Å². The molecular weight excluding hydrogens is 281 g/mol. The smallest absolute Gasteiger partial charge is 0.192 e. The molecule has 0 heterocycles. The minimum Gasteiger partial charge on any atom is -0.192 e. The molecule has 0 aliphatic carbocycles. The maximum absolute atomic E-state index is 12.8. The van der Waals surface area contributed by atoms with Crippen molar-refractivity contribution in [3.8, 4) is 0 Å². The van der Waals surface area contributed by atoms with Crippen LogP contribution in [0.15, 0.2) is 0 Å². The lowest BCUT2D eigenvalue weighted by Crippen LogP contribution is -2.55. The van der Waals surface area contributed by atoms with E-state index in [-0.39, 0.29) is 17.5 Å². The van der Waals surface area contributed by atoms with Gasteiger partial charge in [0, 0.05) is 0 Å². The van der Waals surface area contributed by atoms with Gasteiger partial charge < -0.3 is 0 Å². The number of hydrogen-bond donors (Lipinski definition) is 0. The van der Waals surface area contributed by atoms with Gasteiger partial charge >= 0.3 is 18.0 Å². The average molecular weight is 288 g/mol. The Morgan fingerprint density at radius 1 is 1.06 bits per heavy atom. The van der Waals surface area contributed by atoms with Gasteiger partial charge in [-0.05, 0) is 12.2 Å². The Balaban J connectivity index is 4.97. The summed E-state index contributed by atoms with van der Waals surface area (Å²) in [5, 5.41) is 0. The normalized spacial score (nSPS) is 14.0. The summed E-state index contributed by atoms with van der Waals surface area (Å²) in [4.78, 5) is 0. The van der Waals surface area contributed by atoms with Crippen molar-refractivity contribution in [1.29, 1.82) is 0 Å². The monoisotopic (exact) mass is 288 g/mol. The maximum atomic E-state index is 12.8. The number of halogens is 7. The van der Waals surface area contributed by atoms with Gasteiger partial charge in [-0.2, -0.15) is 30.7 Å². The van der Waals surface area contributed by atoms with Gasteiger partial charge in [0.05, 0.1) is 0 Å². The molecule has 0 N–H and O–H groups in total. The molecule has 0 aromatic rings. The van der Waals surface area contributed by atoms with Crippen molar-refractivity contribution in [2.75, 3.05) is 5.75 Å². The maximum Gasteiger partial charge on any atom is 0.460 e. The standard InChI is InChI=1S/C7H7F7S2/c1-2-3-16-4(15)5(8,9)6(10,11)7(12,13)14/h2-3H2,1H3. The van der Waals surface area contributed by atoms with E-state index in [1.807, 2.05) is 0 Å². The van der Waals surface area contributed by atoms with Gasteiger partial charge in [-0.15, -0.1) is 11.8 Å². The van der Waals surface area contributed by atoms with Crippen LogP contribution < -0.4 is 0 Å². The van der Waals surface area contributed by atoms with Crippen LogP contribution in [0.1, 0.15) is 13.3 Å².